The first-order valence-corrected chi connectivity index (χ1v) is 7.01. The maximum Gasteiger partial charge on any atom is 0.234 e. The summed E-state index contributed by atoms with van der Waals surface area (Å²) in [6.45, 7) is 2.63. The molecular formula is C17H21N3O. The largest absolute Gasteiger partial charge is 0.381 e. The first-order chi connectivity index (χ1) is 10.1. The van der Waals surface area contributed by atoms with E-state index in [9.17, 15) is 4.79 Å². The molecule has 5 N–H and O–H groups in total. The number of amides is 1. The second-order valence-electron chi connectivity index (χ2n) is 5.14. The number of rotatable bonds is 6. The summed E-state index contributed by atoms with van der Waals surface area (Å²) in [5, 5.41) is 3.40. The monoisotopic (exact) mass is 283 g/mol. The van der Waals surface area contributed by atoms with Gasteiger partial charge in [0.25, 0.3) is 0 Å². The van der Waals surface area contributed by atoms with Gasteiger partial charge in [0, 0.05) is 18.2 Å². The number of carbonyl (C=O) groups excluding carboxylic acids is 1. The fourth-order valence-electron chi connectivity index (χ4n) is 2.29. The Morgan fingerprint density at radius 2 is 1.71 bits per heavy atom. The van der Waals surface area contributed by atoms with E-state index in [4.69, 9.17) is 11.5 Å². The van der Waals surface area contributed by atoms with Gasteiger partial charge in [-0.15, -0.1) is 0 Å². The SMILES string of the molecule is CC(c1ccccc1NCc1ccccc1)C(N)C(N)=O. The number of benzene rings is 2. The molecule has 2 atom stereocenters. The summed E-state index contributed by atoms with van der Waals surface area (Å²) in [7, 11) is 0. The molecule has 2 aromatic carbocycles. The topological polar surface area (TPSA) is 81.1 Å². The van der Waals surface area contributed by atoms with Crippen LogP contribution in [0.1, 0.15) is 24.0 Å². The molecule has 1 amide bonds. The highest BCUT2D eigenvalue weighted by atomic mass is 16.1. The van der Waals surface area contributed by atoms with Crippen LogP contribution >= 0.6 is 0 Å². The summed E-state index contributed by atoms with van der Waals surface area (Å²) in [6, 6.07) is 17.3. The first kappa shape index (κ1) is 15.1. The molecule has 0 radical (unpaired) electrons. The van der Waals surface area contributed by atoms with E-state index in [1.165, 1.54) is 5.56 Å². The molecule has 0 fully saturated rings. The van der Waals surface area contributed by atoms with Gasteiger partial charge in [-0.1, -0.05) is 55.5 Å². The summed E-state index contributed by atoms with van der Waals surface area (Å²) < 4.78 is 0. The van der Waals surface area contributed by atoms with Gasteiger partial charge in [0.1, 0.15) is 0 Å². The maximum atomic E-state index is 11.3. The van der Waals surface area contributed by atoms with Crippen molar-refractivity contribution in [2.75, 3.05) is 5.32 Å². The second kappa shape index (κ2) is 6.90. The molecule has 0 aromatic heterocycles. The normalized spacial score (nSPS) is 13.4. The van der Waals surface area contributed by atoms with Gasteiger partial charge in [0.2, 0.25) is 5.91 Å². The molecule has 4 nitrogen and oxygen atoms in total. The van der Waals surface area contributed by atoms with Gasteiger partial charge in [-0.05, 0) is 17.2 Å². The fourth-order valence-corrected chi connectivity index (χ4v) is 2.29. The number of carbonyl (C=O) groups is 1. The van der Waals surface area contributed by atoms with Crippen LogP contribution in [0.3, 0.4) is 0 Å². The van der Waals surface area contributed by atoms with Gasteiger partial charge in [0.15, 0.2) is 0 Å². The van der Waals surface area contributed by atoms with Gasteiger partial charge >= 0.3 is 0 Å². The minimum atomic E-state index is -0.690. The molecule has 0 saturated heterocycles. The first-order valence-electron chi connectivity index (χ1n) is 7.01. The standard InChI is InChI=1S/C17H21N3O/c1-12(16(18)17(19)21)14-9-5-6-10-15(14)20-11-13-7-3-2-4-8-13/h2-10,12,16,20H,11,18H2,1H3,(H2,19,21). The van der Waals surface area contributed by atoms with Crippen molar-refractivity contribution in [3.63, 3.8) is 0 Å². The lowest BCUT2D eigenvalue weighted by Crippen LogP contribution is -2.40. The highest BCUT2D eigenvalue weighted by Gasteiger charge is 2.21. The highest BCUT2D eigenvalue weighted by Crippen LogP contribution is 2.26. The van der Waals surface area contributed by atoms with Crippen molar-refractivity contribution in [1.82, 2.24) is 0 Å². The van der Waals surface area contributed by atoms with E-state index in [1.54, 1.807) is 0 Å². The summed E-state index contributed by atoms with van der Waals surface area (Å²) >= 11 is 0. The van der Waals surface area contributed by atoms with Crippen molar-refractivity contribution in [2.45, 2.75) is 25.4 Å². The van der Waals surface area contributed by atoms with Crippen LogP contribution in [-0.4, -0.2) is 11.9 Å². The fraction of sp³-hybridized carbons (Fsp3) is 0.235. The van der Waals surface area contributed by atoms with Crippen LogP contribution in [0.25, 0.3) is 0 Å². The molecule has 0 aliphatic carbocycles. The number of nitrogens with two attached hydrogens (primary N) is 2. The molecule has 4 heteroatoms. The number of para-hydroxylation sites is 1. The summed E-state index contributed by atoms with van der Waals surface area (Å²) in [4.78, 5) is 11.3. The third-order valence-corrected chi connectivity index (χ3v) is 3.64. The molecule has 0 heterocycles. The Hall–Kier alpha value is -2.33. The van der Waals surface area contributed by atoms with Crippen LogP contribution < -0.4 is 16.8 Å². The molecule has 0 bridgehead atoms. The average Bonchev–Trinajstić information content (AvgIpc) is 2.52. The van der Waals surface area contributed by atoms with Crippen molar-refractivity contribution in [2.24, 2.45) is 11.5 Å². The lowest BCUT2D eigenvalue weighted by atomic mass is 9.92. The van der Waals surface area contributed by atoms with Crippen molar-refractivity contribution in [3.05, 3.63) is 65.7 Å². The molecular weight excluding hydrogens is 262 g/mol. The predicted octanol–water partition coefficient (Wildman–Crippen LogP) is 2.21. The second-order valence-corrected chi connectivity index (χ2v) is 5.14. The molecule has 2 aromatic rings. The number of nitrogens with one attached hydrogen (secondary N) is 1. The summed E-state index contributed by atoms with van der Waals surface area (Å²) in [5.74, 6) is -0.623. The van der Waals surface area contributed by atoms with E-state index in [2.05, 4.69) is 17.4 Å². The summed E-state index contributed by atoms with van der Waals surface area (Å²) in [6.07, 6.45) is 0. The maximum absolute atomic E-state index is 11.3. The number of hydrogen-bond acceptors (Lipinski definition) is 3. The zero-order valence-corrected chi connectivity index (χ0v) is 12.1. The van der Waals surface area contributed by atoms with Gasteiger partial charge in [-0.2, -0.15) is 0 Å². The van der Waals surface area contributed by atoms with Gasteiger partial charge in [-0.3, -0.25) is 4.79 Å². The minimum absolute atomic E-state index is 0.137. The third-order valence-electron chi connectivity index (χ3n) is 3.64. The Kier molecular flexibility index (Phi) is 4.95. The third kappa shape index (κ3) is 3.83. The molecule has 2 rings (SSSR count). The molecule has 0 aliphatic heterocycles. The molecule has 0 spiro atoms. The van der Waals surface area contributed by atoms with Crippen molar-refractivity contribution in [1.29, 1.82) is 0 Å². The van der Waals surface area contributed by atoms with Crippen LogP contribution in [0.5, 0.6) is 0 Å². The minimum Gasteiger partial charge on any atom is -0.381 e. The number of primary amides is 1. The average molecular weight is 283 g/mol. The summed E-state index contributed by atoms with van der Waals surface area (Å²) in [5.41, 5.74) is 14.3. The Balaban J connectivity index is 2.15. The van der Waals surface area contributed by atoms with E-state index in [0.717, 1.165) is 17.8 Å². The van der Waals surface area contributed by atoms with Crippen LogP contribution in [-0.2, 0) is 11.3 Å². The van der Waals surface area contributed by atoms with Crippen LogP contribution in [0.15, 0.2) is 54.6 Å². The van der Waals surface area contributed by atoms with Gasteiger partial charge in [-0.25, -0.2) is 0 Å². The molecule has 110 valence electrons. The molecule has 0 saturated carbocycles. The Morgan fingerprint density at radius 1 is 1.10 bits per heavy atom. The van der Waals surface area contributed by atoms with Crippen molar-refractivity contribution in [3.8, 4) is 0 Å². The predicted molar refractivity (Wildman–Crippen MR) is 85.8 cm³/mol. The number of hydrogen-bond donors (Lipinski definition) is 3. The molecule has 0 aliphatic rings. The lowest BCUT2D eigenvalue weighted by Gasteiger charge is -2.21. The van der Waals surface area contributed by atoms with Gasteiger partial charge in [0.05, 0.1) is 6.04 Å². The van der Waals surface area contributed by atoms with E-state index in [1.807, 2.05) is 49.4 Å². The smallest absolute Gasteiger partial charge is 0.234 e. The van der Waals surface area contributed by atoms with Crippen LogP contribution in [0, 0.1) is 0 Å². The number of anilines is 1. The highest BCUT2D eigenvalue weighted by molar-refractivity contribution is 5.81. The Bertz CT molecular complexity index is 598. The van der Waals surface area contributed by atoms with E-state index in [0.29, 0.717) is 0 Å². The molecule has 21 heavy (non-hydrogen) atoms. The van der Waals surface area contributed by atoms with Crippen LogP contribution in [0.2, 0.25) is 0 Å². The Morgan fingerprint density at radius 3 is 2.38 bits per heavy atom. The van der Waals surface area contributed by atoms with Crippen molar-refractivity contribution >= 4 is 11.6 Å². The molecule has 2 unspecified atom stereocenters. The van der Waals surface area contributed by atoms with Gasteiger partial charge < -0.3 is 16.8 Å². The zero-order valence-electron chi connectivity index (χ0n) is 12.1. The quantitative estimate of drug-likeness (QED) is 0.760. The van der Waals surface area contributed by atoms with Crippen molar-refractivity contribution < 1.29 is 4.79 Å². The zero-order chi connectivity index (χ0) is 15.2. The lowest BCUT2D eigenvalue weighted by molar-refractivity contribution is -0.119. The Labute approximate surface area is 125 Å². The van der Waals surface area contributed by atoms with E-state index < -0.39 is 11.9 Å². The van der Waals surface area contributed by atoms with E-state index >= 15 is 0 Å². The van der Waals surface area contributed by atoms with E-state index in [-0.39, 0.29) is 5.92 Å². The van der Waals surface area contributed by atoms with Crippen LogP contribution in [0.4, 0.5) is 5.69 Å².